The molecule has 13 nitrogen and oxygen atoms in total. The minimum atomic E-state index is -1.19. The van der Waals surface area contributed by atoms with Gasteiger partial charge in [0, 0.05) is 5.92 Å². The van der Waals surface area contributed by atoms with E-state index in [2.05, 4.69) is 25.6 Å². The van der Waals surface area contributed by atoms with Gasteiger partial charge in [-0.1, -0.05) is 62.4 Å². The lowest BCUT2D eigenvalue weighted by molar-refractivity contribution is -0.118. The van der Waals surface area contributed by atoms with Crippen molar-refractivity contribution in [3.05, 3.63) is 82.1 Å². The first-order chi connectivity index (χ1) is 19.8. The number of aromatic nitrogens is 5. The first-order valence-electron chi connectivity index (χ1n) is 13.1. The molecule has 4 aromatic rings. The molecular weight excluding hydrogens is 532 g/mol. The number of ether oxygens (including phenoxy) is 3. The Morgan fingerprint density at radius 2 is 1.56 bits per heavy atom. The molecule has 13 heteroatoms. The quantitative estimate of drug-likeness (QED) is 0.306. The molecule has 2 N–H and O–H groups in total. The van der Waals surface area contributed by atoms with Gasteiger partial charge in [0.15, 0.2) is 29.6 Å². The molecule has 0 spiro atoms. The van der Waals surface area contributed by atoms with Crippen LogP contribution in [0, 0.1) is 5.92 Å². The van der Waals surface area contributed by atoms with Crippen molar-refractivity contribution in [2.75, 3.05) is 5.32 Å². The van der Waals surface area contributed by atoms with Gasteiger partial charge in [0.05, 0.1) is 11.1 Å². The first kappa shape index (κ1) is 27.6. The third-order valence-corrected chi connectivity index (χ3v) is 6.53. The van der Waals surface area contributed by atoms with Crippen LogP contribution in [0.25, 0.3) is 11.2 Å². The third kappa shape index (κ3) is 5.70. The van der Waals surface area contributed by atoms with Crippen LogP contribution in [0.5, 0.6) is 0 Å². The highest BCUT2D eigenvalue weighted by atomic mass is 16.6. The van der Waals surface area contributed by atoms with E-state index in [-0.39, 0.29) is 34.5 Å². The minimum Gasteiger partial charge on any atom is -0.452 e. The lowest BCUT2D eigenvalue weighted by Gasteiger charge is -2.24. The Hall–Kier alpha value is -4.91. The first-order valence-corrected chi connectivity index (χ1v) is 13.1. The zero-order chi connectivity index (χ0) is 29.1. The number of hydrogen-bond donors (Lipinski definition) is 2. The van der Waals surface area contributed by atoms with Gasteiger partial charge in [-0.05, 0) is 30.7 Å². The van der Waals surface area contributed by atoms with Gasteiger partial charge in [-0.15, -0.1) is 5.10 Å². The average Bonchev–Trinajstić information content (AvgIpc) is 3.55. The Morgan fingerprint density at radius 1 is 0.976 bits per heavy atom. The summed E-state index contributed by atoms with van der Waals surface area (Å²) < 4.78 is 19.2. The number of fused-ring (bicyclic) bond motifs is 1. The van der Waals surface area contributed by atoms with Gasteiger partial charge in [-0.25, -0.2) is 9.59 Å². The second kappa shape index (κ2) is 11.7. The second-order valence-corrected chi connectivity index (χ2v) is 9.71. The Bertz CT molecular complexity index is 1620. The molecule has 212 valence electrons. The lowest BCUT2D eigenvalue weighted by atomic mass is 10.1. The van der Waals surface area contributed by atoms with Crippen molar-refractivity contribution in [2.24, 2.45) is 5.92 Å². The van der Waals surface area contributed by atoms with Crippen molar-refractivity contribution in [3.63, 3.8) is 0 Å². The number of esters is 2. The Morgan fingerprint density at radius 3 is 2.12 bits per heavy atom. The number of carbonyl (C=O) groups is 3. The highest BCUT2D eigenvalue weighted by Crippen LogP contribution is 2.37. The molecule has 1 aliphatic heterocycles. The zero-order valence-electron chi connectivity index (χ0n) is 22.5. The maximum Gasteiger partial charge on any atom is 0.338 e. The van der Waals surface area contributed by atoms with Gasteiger partial charge in [-0.3, -0.25) is 19.9 Å². The summed E-state index contributed by atoms with van der Waals surface area (Å²) in [5.74, 6) is -2.15. The number of benzene rings is 2. The standard InChI is InChI=1S/C28H28N6O7/c1-4-18-20(40-26(37)16-11-7-5-8-12-16)21(41-27(38)17-13-9-6-10-14-17)25(39-18)34-22-19(32-33-34)24(36)31-28(29-22)30-23(35)15(2)3/h5-15,18,20-21,25H,4H2,1-3H3,(H2,29,30,31,35,36)/t18-,20-,21-,25-/m1/s1. The maximum atomic E-state index is 13.2. The van der Waals surface area contributed by atoms with Crippen LogP contribution in [-0.2, 0) is 19.0 Å². The molecule has 3 heterocycles. The van der Waals surface area contributed by atoms with Gasteiger partial charge in [-0.2, -0.15) is 9.67 Å². The highest BCUT2D eigenvalue weighted by Gasteiger charge is 2.51. The number of anilines is 1. The van der Waals surface area contributed by atoms with Gasteiger partial charge < -0.3 is 14.2 Å². The monoisotopic (exact) mass is 560 g/mol. The second-order valence-electron chi connectivity index (χ2n) is 9.71. The summed E-state index contributed by atoms with van der Waals surface area (Å²) in [5.41, 5.74) is -0.208. The molecule has 0 radical (unpaired) electrons. The van der Waals surface area contributed by atoms with Crippen molar-refractivity contribution in [2.45, 2.75) is 51.7 Å². The molecule has 0 aliphatic carbocycles. The molecule has 0 bridgehead atoms. The Labute approximate surface area is 233 Å². The predicted octanol–water partition coefficient (Wildman–Crippen LogP) is 2.87. The van der Waals surface area contributed by atoms with E-state index < -0.39 is 42.0 Å². The van der Waals surface area contributed by atoms with Crippen LogP contribution in [0.4, 0.5) is 5.95 Å². The van der Waals surface area contributed by atoms with Crippen LogP contribution in [0.2, 0.25) is 0 Å². The molecule has 0 saturated carbocycles. The molecule has 0 unspecified atom stereocenters. The van der Waals surface area contributed by atoms with Crippen LogP contribution in [-0.4, -0.2) is 61.1 Å². The molecule has 2 aromatic heterocycles. The van der Waals surface area contributed by atoms with Crippen molar-refractivity contribution in [3.8, 4) is 0 Å². The van der Waals surface area contributed by atoms with Gasteiger partial charge in [0.1, 0.15) is 6.10 Å². The lowest BCUT2D eigenvalue weighted by Crippen LogP contribution is -2.39. The van der Waals surface area contributed by atoms with Gasteiger partial charge in [0.25, 0.3) is 5.56 Å². The van der Waals surface area contributed by atoms with Crippen LogP contribution in [0.15, 0.2) is 65.5 Å². The van der Waals surface area contributed by atoms with Crippen molar-refractivity contribution >= 4 is 35.0 Å². The Kier molecular flexibility index (Phi) is 7.88. The summed E-state index contributed by atoms with van der Waals surface area (Å²) in [5, 5.41) is 10.6. The summed E-state index contributed by atoms with van der Waals surface area (Å²) in [6, 6.07) is 16.7. The van der Waals surface area contributed by atoms with Crippen LogP contribution < -0.4 is 10.9 Å². The largest absolute Gasteiger partial charge is 0.452 e. The van der Waals surface area contributed by atoms with E-state index in [4.69, 9.17) is 14.2 Å². The summed E-state index contributed by atoms with van der Waals surface area (Å²) in [6.07, 6.45) is -3.72. The molecular formula is C28H28N6O7. The smallest absolute Gasteiger partial charge is 0.338 e. The fraction of sp³-hybridized carbons (Fsp3) is 0.321. The number of nitrogens with zero attached hydrogens (tertiary/aromatic N) is 4. The van der Waals surface area contributed by atoms with Gasteiger partial charge in [0.2, 0.25) is 11.9 Å². The fourth-order valence-corrected chi connectivity index (χ4v) is 4.36. The summed E-state index contributed by atoms with van der Waals surface area (Å²) >= 11 is 0. The maximum absolute atomic E-state index is 13.2. The fourth-order valence-electron chi connectivity index (χ4n) is 4.36. The normalized spacial score (nSPS) is 20.2. The number of carbonyl (C=O) groups excluding carboxylic acids is 3. The highest BCUT2D eigenvalue weighted by molar-refractivity contribution is 5.91. The molecule has 5 rings (SSSR count). The van der Waals surface area contributed by atoms with Crippen molar-refractivity contribution < 1.29 is 28.6 Å². The number of H-pyrrole nitrogens is 1. The van der Waals surface area contributed by atoms with Crippen LogP contribution >= 0.6 is 0 Å². The number of hydrogen-bond acceptors (Lipinski definition) is 10. The third-order valence-electron chi connectivity index (χ3n) is 6.53. The van der Waals surface area contributed by atoms with E-state index in [1.807, 2.05) is 6.92 Å². The van der Waals surface area contributed by atoms with Crippen molar-refractivity contribution in [1.82, 2.24) is 25.0 Å². The topological polar surface area (TPSA) is 167 Å². The summed E-state index contributed by atoms with van der Waals surface area (Å²) in [7, 11) is 0. The number of amides is 1. The SMILES string of the molecule is CC[C@H]1O[C@@H](n2nnc3c(=O)[nH]c(NC(=O)C(C)C)nc32)[C@H](OC(=O)c2ccccc2)[C@@H]1OC(=O)c1ccccc1. The molecule has 1 saturated heterocycles. The van der Waals surface area contributed by atoms with E-state index in [0.29, 0.717) is 12.0 Å². The summed E-state index contributed by atoms with van der Waals surface area (Å²) in [4.78, 5) is 58.1. The van der Waals surface area contributed by atoms with E-state index in [9.17, 15) is 19.2 Å². The zero-order valence-corrected chi connectivity index (χ0v) is 22.5. The molecule has 41 heavy (non-hydrogen) atoms. The van der Waals surface area contributed by atoms with E-state index in [0.717, 1.165) is 0 Å². The van der Waals surface area contributed by atoms with Crippen LogP contribution in [0.1, 0.15) is 54.1 Å². The van der Waals surface area contributed by atoms with Crippen molar-refractivity contribution in [1.29, 1.82) is 0 Å². The van der Waals surface area contributed by atoms with E-state index in [1.165, 1.54) is 4.68 Å². The average molecular weight is 561 g/mol. The number of rotatable bonds is 8. The molecule has 2 aromatic carbocycles. The molecule has 1 fully saturated rings. The minimum absolute atomic E-state index is 0.0246. The van der Waals surface area contributed by atoms with Crippen LogP contribution in [0.3, 0.4) is 0 Å². The molecule has 4 atom stereocenters. The molecule has 1 amide bonds. The predicted molar refractivity (Wildman–Crippen MR) is 145 cm³/mol. The number of aromatic amines is 1. The summed E-state index contributed by atoms with van der Waals surface area (Å²) in [6.45, 7) is 5.21. The molecule has 1 aliphatic rings. The van der Waals surface area contributed by atoms with E-state index in [1.54, 1.807) is 74.5 Å². The van der Waals surface area contributed by atoms with E-state index >= 15 is 0 Å². The Balaban J connectivity index is 1.55. The van der Waals surface area contributed by atoms with Gasteiger partial charge >= 0.3 is 11.9 Å². The number of nitrogens with one attached hydrogen (secondary N) is 2.